The Morgan fingerprint density at radius 3 is 2.75 bits per heavy atom. The molecular formula is C21H24N2O5. The Kier molecular flexibility index (Phi) is 6.13. The number of amides is 1. The third-order valence-electron chi connectivity index (χ3n) is 5.10. The molecule has 1 atom stereocenters. The summed E-state index contributed by atoms with van der Waals surface area (Å²) < 4.78 is 5.26. The van der Waals surface area contributed by atoms with Gasteiger partial charge in [-0.3, -0.25) is 14.4 Å². The largest absolute Gasteiger partial charge is 0.496 e. The van der Waals surface area contributed by atoms with Crippen molar-refractivity contribution in [3.8, 4) is 5.75 Å². The number of carboxylic acid groups (broad SMARTS) is 1. The number of aryl methyl sites for hydroxylation is 2. The molecule has 0 saturated heterocycles. The van der Waals surface area contributed by atoms with Crippen molar-refractivity contribution in [1.82, 2.24) is 10.3 Å². The number of pyridine rings is 1. The first-order valence-corrected chi connectivity index (χ1v) is 9.37. The van der Waals surface area contributed by atoms with E-state index in [0.29, 0.717) is 5.75 Å². The van der Waals surface area contributed by atoms with Crippen LogP contribution in [-0.4, -0.2) is 35.6 Å². The first-order chi connectivity index (χ1) is 13.5. The smallest absolute Gasteiger partial charge is 0.308 e. The van der Waals surface area contributed by atoms with Crippen LogP contribution in [0, 0.1) is 5.92 Å². The maximum Gasteiger partial charge on any atom is 0.308 e. The highest BCUT2D eigenvalue weighted by Gasteiger charge is 2.22. The van der Waals surface area contributed by atoms with Crippen LogP contribution < -0.4 is 15.6 Å². The number of rotatable bonds is 7. The quantitative estimate of drug-likeness (QED) is 0.676. The molecule has 0 saturated carbocycles. The van der Waals surface area contributed by atoms with Crippen molar-refractivity contribution < 1.29 is 19.4 Å². The second kappa shape index (κ2) is 8.73. The van der Waals surface area contributed by atoms with E-state index in [9.17, 15) is 19.5 Å². The Labute approximate surface area is 162 Å². The van der Waals surface area contributed by atoms with Gasteiger partial charge in [0.1, 0.15) is 11.3 Å². The lowest BCUT2D eigenvalue weighted by atomic mass is 9.95. The van der Waals surface area contributed by atoms with E-state index in [1.165, 1.54) is 7.11 Å². The fraction of sp³-hybridized carbons (Fsp3) is 0.381. The second-order valence-electron chi connectivity index (χ2n) is 6.98. The Morgan fingerprint density at radius 2 is 2.00 bits per heavy atom. The molecule has 1 heterocycles. The minimum Gasteiger partial charge on any atom is -0.496 e. The number of fused-ring (bicyclic) bond motifs is 1. The minimum absolute atomic E-state index is 0.0297. The molecule has 3 rings (SSSR count). The fourth-order valence-corrected chi connectivity index (χ4v) is 3.54. The van der Waals surface area contributed by atoms with Gasteiger partial charge in [-0.25, -0.2) is 0 Å². The highest BCUT2D eigenvalue weighted by atomic mass is 16.5. The summed E-state index contributed by atoms with van der Waals surface area (Å²) in [6.45, 7) is -0.0806. The monoisotopic (exact) mass is 384 g/mol. The van der Waals surface area contributed by atoms with Crippen LogP contribution in [0.15, 0.2) is 35.1 Å². The number of carbonyl (C=O) groups is 2. The number of carboxylic acids is 1. The van der Waals surface area contributed by atoms with E-state index in [-0.39, 0.29) is 18.5 Å². The van der Waals surface area contributed by atoms with Crippen molar-refractivity contribution in [3.63, 3.8) is 0 Å². The molecule has 28 heavy (non-hydrogen) atoms. The van der Waals surface area contributed by atoms with E-state index in [0.717, 1.165) is 42.5 Å². The van der Waals surface area contributed by atoms with Gasteiger partial charge in [0.25, 0.3) is 11.5 Å². The molecular weight excluding hydrogens is 360 g/mol. The van der Waals surface area contributed by atoms with Crippen molar-refractivity contribution in [1.29, 1.82) is 0 Å². The molecule has 7 heteroatoms. The van der Waals surface area contributed by atoms with Gasteiger partial charge in [-0.2, -0.15) is 0 Å². The summed E-state index contributed by atoms with van der Waals surface area (Å²) in [6.07, 6.45) is 3.91. The molecule has 2 aromatic rings. The Bertz CT molecular complexity index is 935. The summed E-state index contributed by atoms with van der Waals surface area (Å²) in [5.74, 6) is -1.81. The maximum atomic E-state index is 12.5. The average molecular weight is 384 g/mol. The highest BCUT2D eigenvalue weighted by Crippen LogP contribution is 2.21. The molecule has 1 unspecified atom stereocenters. The molecule has 0 radical (unpaired) electrons. The topological polar surface area (TPSA) is 108 Å². The normalized spacial score (nSPS) is 14.0. The lowest BCUT2D eigenvalue weighted by Crippen LogP contribution is -2.37. The van der Waals surface area contributed by atoms with Crippen LogP contribution in [0.25, 0.3) is 0 Å². The first-order valence-electron chi connectivity index (χ1n) is 9.37. The van der Waals surface area contributed by atoms with Gasteiger partial charge in [0.05, 0.1) is 13.0 Å². The van der Waals surface area contributed by atoms with Crippen LogP contribution in [0.4, 0.5) is 0 Å². The molecule has 0 bridgehead atoms. The van der Waals surface area contributed by atoms with E-state index < -0.39 is 23.4 Å². The van der Waals surface area contributed by atoms with Crippen molar-refractivity contribution in [2.24, 2.45) is 5.92 Å². The molecule has 0 aliphatic heterocycles. The van der Waals surface area contributed by atoms with Crippen molar-refractivity contribution >= 4 is 11.9 Å². The first kappa shape index (κ1) is 19.7. The van der Waals surface area contributed by atoms with E-state index in [2.05, 4.69) is 10.3 Å². The maximum absolute atomic E-state index is 12.5. The number of H-pyrrole nitrogens is 1. The molecule has 1 aliphatic carbocycles. The molecule has 0 spiro atoms. The number of aromatic nitrogens is 1. The van der Waals surface area contributed by atoms with Gasteiger partial charge >= 0.3 is 5.97 Å². The number of nitrogens with one attached hydrogen (secondary N) is 2. The molecule has 1 aromatic carbocycles. The summed E-state index contributed by atoms with van der Waals surface area (Å²) in [5.41, 5.74) is 2.22. The minimum atomic E-state index is -1.02. The van der Waals surface area contributed by atoms with E-state index >= 15 is 0 Å². The fourth-order valence-electron chi connectivity index (χ4n) is 3.54. The van der Waals surface area contributed by atoms with Gasteiger partial charge in [0.2, 0.25) is 0 Å². The number of methoxy groups -OCH3 is 1. The number of para-hydroxylation sites is 1. The predicted octanol–water partition coefficient (Wildman–Crippen LogP) is 1.94. The lowest BCUT2D eigenvalue weighted by Gasteiger charge is -2.17. The summed E-state index contributed by atoms with van der Waals surface area (Å²) >= 11 is 0. The Morgan fingerprint density at radius 1 is 1.25 bits per heavy atom. The highest BCUT2D eigenvalue weighted by molar-refractivity contribution is 5.94. The van der Waals surface area contributed by atoms with E-state index in [1.807, 2.05) is 12.1 Å². The molecule has 0 fully saturated rings. The molecule has 1 aromatic heterocycles. The lowest BCUT2D eigenvalue weighted by molar-refractivity contribution is -0.141. The van der Waals surface area contributed by atoms with Crippen molar-refractivity contribution in [2.75, 3.05) is 13.7 Å². The number of ether oxygens (including phenoxy) is 1. The number of hydrogen-bond donors (Lipinski definition) is 3. The summed E-state index contributed by atoms with van der Waals surface area (Å²) in [4.78, 5) is 39.2. The van der Waals surface area contributed by atoms with E-state index in [1.54, 1.807) is 18.2 Å². The van der Waals surface area contributed by atoms with Crippen LogP contribution in [-0.2, 0) is 24.1 Å². The van der Waals surface area contributed by atoms with Gasteiger partial charge in [0.15, 0.2) is 0 Å². The third kappa shape index (κ3) is 4.42. The van der Waals surface area contributed by atoms with Gasteiger partial charge in [-0.05, 0) is 55.4 Å². The van der Waals surface area contributed by atoms with Crippen LogP contribution in [0.2, 0.25) is 0 Å². The molecule has 3 N–H and O–H groups in total. The van der Waals surface area contributed by atoms with Crippen LogP contribution in [0.1, 0.15) is 40.0 Å². The van der Waals surface area contributed by atoms with E-state index in [4.69, 9.17) is 4.74 Å². The van der Waals surface area contributed by atoms with Gasteiger partial charge in [0, 0.05) is 12.2 Å². The summed E-state index contributed by atoms with van der Waals surface area (Å²) in [7, 11) is 1.53. The summed E-state index contributed by atoms with van der Waals surface area (Å²) in [6, 6.07) is 8.81. The SMILES string of the molecule is COc1ccccc1CC(CNC(=O)c1cc2c([nH]c1=O)CCCC2)C(=O)O. The zero-order valence-electron chi connectivity index (χ0n) is 15.8. The number of benzene rings is 1. The standard InChI is InChI=1S/C21H24N2O5/c1-28-18-9-5-3-7-14(18)10-15(21(26)27)12-22-19(24)16-11-13-6-2-4-8-17(13)23-20(16)25/h3,5,7,9,11,15H,2,4,6,8,10,12H2,1H3,(H,22,24)(H,23,25)(H,26,27). The Hall–Kier alpha value is -3.09. The average Bonchev–Trinajstić information content (AvgIpc) is 2.70. The number of carbonyl (C=O) groups excluding carboxylic acids is 1. The predicted molar refractivity (Wildman–Crippen MR) is 104 cm³/mol. The van der Waals surface area contributed by atoms with Gasteiger partial charge < -0.3 is 20.1 Å². The van der Waals surface area contributed by atoms with Gasteiger partial charge in [-0.1, -0.05) is 18.2 Å². The third-order valence-corrected chi connectivity index (χ3v) is 5.10. The van der Waals surface area contributed by atoms with Crippen LogP contribution >= 0.6 is 0 Å². The zero-order valence-corrected chi connectivity index (χ0v) is 15.8. The molecule has 7 nitrogen and oxygen atoms in total. The molecule has 1 amide bonds. The number of hydrogen-bond acceptors (Lipinski definition) is 4. The van der Waals surface area contributed by atoms with Crippen LogP contribution in [0.3, 0.4) is 0 Å². The number of aromatic amines is 1. The molecule has 148 valence electrons. The zero-order chi connectivity index (χ0) is 20.1. The van der Waals surface area contributed by atoms with Gasteiger partial charge in [-0.15, -0.1) is 0 Å². The summed E-state index contributed by atoms with van der Waals surface area (Å²) in [5, 5.41) is 12.1. The second-order valence-corrected chi connectivity index (χ2v) is 6.98. The van der Waals surface area contributed by atoms with Crippen molar-refractivity contribution in [3.05, 3.63) is 63.1 Å². The Balaban J connectivity index is 1.71. The number of aliphatic carboxylic acids is 1. The molecule has 1 aliphatic rings. The van der Waals surface area contributed by atoms with Crippen molar-refractivity contribution in [2.45, 2.75) is 32.1 Å². The van der Waals surface area contributed by atoms with Crippen LogP contribution in [0.5, 0.6) is 5.75 Å².